The predicted octanol–water partition coefficient (Wildman–Crippen LogP) is 5.12. The zero-order valence-corrected chi connectivity index (χ0v) is 16.2. The number of aromatic nitrogens is 2. The first kappa shape index (κ1) is 16.5. The summed E-state index contributed by atoms with van der Waals surface area (Å²) < 4.78 is 13.9. The van der Waals surface area contributed by atoms with Crippen LogP contribution in [0.15, 0.2) is 54.3 Å². The SMILES string of the molecule is Cc1ccc2c(c1)[C@]1(C)C(=COc3c1c(C)nn3-c1cccc(Cl)c1)CO2. The quantitative estimate of drug-likeness (QED) is 0.589. The van der Waals surface area contributed by atoms with Gasteiger partial charge >= 0.3 is 0 Å². The summed E-state index contributed by atoms with van der Waals surface area (Å²) in [4.78, 5) is 0. The number of benzene rings is 2. The molecule has 0 radical (unpaired) electrons. The van der Waals surface area contributed by atoms with Crippen molar-refractivity contribution in [3.63, 3.8) is 0 Å². The molecule has 4 nitrogen and oxygen atoms in total. The van der Waals surface area contributed by atoms with Crippen molar-refractivity contribution in [2.45, 2.75) is 26.2 Å². The van der Waals surface area contributed by atoms with Gasteiger partial charge in [-0.1, -0.05) is 35.4 Å². The topological polar surface area (TPSA) is 36.3 Å². The summed E-state index contributed by atoms with van der Waals surface area (Å²) in [6.07, 6.45) is 1.82. The zero-order chi connectivity index (χ0) is 18.8. The van der Waals surface area contributed by atoms with Gasteiger partial charge in [0.25, 0.3) is 0 Å². The lowest BCUT2D eigenvalue weighted by molar-refractivity contribution is 0.280. The molecule has 27 heavy (non-hydrogen) atoms. The van der Waals surface area contributed by atoms with Gasteiger partial charge in [-0.05, 0) is 45.0 Å². The van der Waals surface area contributed by atoms with Crippen LogP contribution in [-0.4, -0.2) is 16.4 Å². The van der Waals surface area contributed by atoms with E-state index in [-0.39, 0.29) is 5.41 Å². The summed E-state index contributed by atoms with van der Waals surface area (Å²) in [5.74, 6) is 1.65. The van der Waals surface area contributed by atoms with E-state index >= 15 is 0 Å². The van der Waals surface area contributed by atoms with E-state index in [0.29, 0.717) is 11.6 Å². The van der Waals surface area contributed by atoms with E-state index in [2.05, 4.69) is 32.0 Å². The van der Waals surface area contributed by atoms with Crippen LogP contribution in [0, 0.1) is 13.8 Å². The minimum Gasteiger partial charge on any atom is -0.489 e. The molecule has 0 fully saturated rings. The normalized spacial score (nSPS) is 19.9. The maximum Gasteiger partial charge on any atom is 0.226 e. The molecule has 0 aliphatic carbocycles. The molecule has 3 heterocycles. The molecule has 136 valence electrons. The highest BCUT2D eigenvalue weighted by atomic mass is 35.5. The van der Waals surface area contributed by atoms with Crippen molar-refractivity contribution in [3.05, 3.63) is 81.7 Å². The Kier molecular flexibility index (Phi) is 3.43. The average molecular weight is 379 g/mol. The van der Waals surface area contributed by atoms with E-state index in [9.17, 15) is 0 Å². The monoisotopic (exact) mass is 378 g/mol. The molecule has 0 unspecified atom stereocenters. The van der Waals surface area contributed by atoms with Gasteiger partial charge in [-0.15, -0.1) is 0 Å². The highest BCUT2D eigenvalue weighted by Gasteiger charge is 2.46. The maximum atomic E-state index is 6.20. The van der Waals surface area contributed by atoms with Crippen LogP contribution in [0.4, 0.5) is 0 Å². The van der Waals surface area contributed by atoms with Crippen LogP contribution in [0.5, 0.6) is 11.6 Å². The Morgan fingerprint density at radius 3 is 2.81 bits per heavy atom. The maximum absolute atomic E-state index is 6.20. The van der Waals surface area contributed by atoms with E-state index in [1.54, 1.807) is 0 Å². The van der Waals surface area contributed by atoms with Crippen LogP contribution in [0.1, 0.15) is 29.3 Å². The van der Waals surface area contributed by atoms with E-state index in [1.807, 2.05) is 42.1 Å². The summed E-state index contributed by atoms with van der Waals surface area (Å²) in [7, 11) is 0. The average Bonchev–Trinajstić information content (AvgIpc) is 3.00. The molecule has 5 rings (SSSR count). The second kappa shape index (κ2) is 5.64. The Bertz CT molecular complexity index is 1120. The van der Waals surface area contributed by atoms with Crippen molar-refractivity contribution in [1.29, 1.82) is 0 Å². The van der Waals surface area contributed by atoms with Crippen LogP contribution in [-0.2, 0) is 5.41 Å². The van der Waals surface area contributed by atoms with Crippen molar-refractivity contribution in [2.75, 3.05) is 6.61 Å². The number of rotatable bonds is 1. The molecule has 0 spiro atoms. The second-order valence-electron chi connectivity index (χ2n) is 7.33. The number of nitrogens with zero attached hydrogens (tertiary/aromatic N) is 2. The standard InChI is InChI=1S/C22H19ClN2O2/c1-13-7-8-19-18(9-13)22(3)15(11-26-19)12-27-21-20(22)14(2)24-25(21)17-6-4-5-16(23)10-17/h4-10,12H,11H2,1-3H3/t22-/m0/s1. The van der Waals surface area contributed by atoms with E-state index in [0.717, 1.165) is 39.7 Å². The zero-order valence-electron chi connectivity index (χ0n) is 15.4. The number of aryl methyl sites for hydroxylation is 2. The van der Waals surface area contributed by atoms with Crippen molar-refractivity contribution < 1.29 is 9.47 Å². The molecule has 3 aromatic rings. The Hall–Kier alpha value is -2.72. The van der Waals surface area contributed by atoms with Gasteiger partial charge in [0.15, 0.2) is 0 Å². The number of fused-ring (bicyclic) bond motifs is 5. The third kappa shape index (κ3) is 2.26. The number of hydrogen-bond donors (Lipinski definition) is 0. The van der Waals surface area contributed by atoms with Gasteiger partial charge in [-0.3, -0.25) is 0 Å². The van der Waals surface area contributed by atoms with Gasteiger partial charge in [0, 0.05) is 16.2 Å². The highest BCUT2D eigenvalue weighted by molar-refractivity contribution is 6.30. The third-order valence-electron chi connectivity index (χ3n) is 5.58. The lowest BCUT2D eigenvalue weighted by Gasteiger charge is -2.40. The van der Waals surface area contributed by atoms with Gasteiger partial charge in [0.1, 0.15) is 12.4 Å². The van der Waals surface area contributed by atoms with Crippen LogP contribution in [0.25, 0.3) is 5.69 Å². The molecule has 5 heteroatoms. The highest BCUT2D eigenvalue weighted by Crippen LogP contribution is 2.52. The van der Waals surface area contributed by atoms with Gasteiger partial charge in [0.2, 0.25) is 5.88 Å². The molecule has 0 N–H and O–H groups in total. The lowest BCUT2D eigenvalue weighted by atomic mass is 9.68. The molecule has 2 aliphatic rings. The molecule has 0 bridgehead atoms. The van der Waals surface area contributed by atoms with E-state index in [4.69, 9.17) is 26.2 Å². The number of hydrogen-bond acceptors (Lipinski definition) is 3. The molecule has 0 saturated heterocycles. The Morgan fingerprint density at radius 2 is 2.00 bits per heavy atom. The number of ether oxygens (including phenoxy) is 2. The van der Waals surface area contributed by atoms with Crippen LogP contribution in [0.2, 0.25) is 5.02 Å². The number of halogens is 1. The summed E-state index contributed by atoms with van der Waals surface area (Å²) in [6, 6.07) is 14.0. The fourth-order valence-electron chi connectivity index (χ4n) is 4.18. The molecule has 1 atom stereocenters. The van der Waals surface area contributed by atoms with E-state index in [1.165, 1.54) is 5.56 Å². The molecular formula is C22H19ClN2O2. The first-order chi connectivity index (χ1) is 13.0. The predicted molar refractivity (Wildman–Crippen MR) is 105 cm³/mol. The van der Waals surface area contributed by atoms with E-state index < -0.39 is 0 Å². The van der Waals surface area contributed by atoms with Gasteiger partial charge < -0.3 is 9.47 Å². The van der Waals surface area contributed by atoms with Crippen molar-refractivity contribution in [1.82, 2.24) is 9.78 Å². The van der Waals surface area contributed by atoms with Gasteiger partial charge in [0.05, 0.1) is 28.6 Å². The van der Waals surface area contributed by atoms with Crippen molar-refractivity contribution in [2.24, 2.45) is 0 Å². The van der Waals surface area contributed by atoms with Crippen molar-refractivity contribution >= 4 is 11.6 Å². The van der Waals surface area contributed by atoms with Crippen LogP contribution in [0.3, 0.4) is 0 Å². The Labute approximate surface area is 163 Å². The van der Waals surface area contributed by atoms with Gasteiger partial charge in [-0.25, -0.2) is 4.68 Å². The summed E-state index contributed by atoms with van der Waals surface area (Å²) in [5.41, 5.74) is 6.01. The minimum absolute atomic E-state index is 0.339. The van der Waals surface area contributed by atoms with Gasteiger partial charge in [-0.2, -0.15) is 5.10 Å². The Morgan fingerprint density at radius 1 is 1.15 bits per heavy atom. The molecule has 2 aliphatic heterocycles. The first-order valence-corrected chi connectivity index (χ1v) is 9.32. The first-order valence-electron chi connectivity index (χ1n) is 8.94. The molecule has 2 aromatic carbocycles. The molecule has 0 amide bonds. The second-order valence-corrected chi connectivity index (χ2v) is 7.77. The minimum atomic E-state index is -0.339. The Balaban J connectivity index is 1.78. The molecule has 0 saturated carbocycles. The fraction of sp³-hybridized carbons (Fsp3) is 0.227. The largest absolute Gasteiger partial charge is 0.489 e. The molecular weight excluding hydrogens is 360 g/mol. The van der Waals surface area contributed by atoms with Crippen molar-refractivity contribution in [3.8, 4) is 17.3 Å². The summed E-state index contributed by atoms with van der Waals surface area (Å²) in [5, 5.41) is 5.46. The summed E-state index contributed by atoms with van der Waals surface area (Å²) >= 11 is 6.20. The fourth-order valence-corrected chi connectivity index (χ4v) is 4.37. The van der Waals surface area contributed by atoms with Crippen LogP contribution < -0.4 is 9.47 Å². The lowest BCUT2D eigenvalue weighted by Crippen LogP contribution is -2.37. The third-order valence-corrected chi connectivity index (χ3v) is 5.82. The molecule has 1 aromatic heterocycles. The van der Waals surface area contributed by atoms with Crippen LogP contribution >= 0.6 is 11.6 Å². The smallest absolute Gasteiger partial charge is 0.226 e. The summed E-state index contributed by atoms with van der Waals surface area (Å²) in [6.45, 7) is 6.87.